The van der Waals surface area contributed by atoms with E-state index in [2.05, 4.69) is 4.74 Å². The molecule has 0 heterocycles. The fraction of sp³-hybridized carbons (Fsp3) is 0.214. The minimum atomic E-state index is -5.86. The summed E-state index contributed by atoms with van der Waals surface area (Å²) >= 11 is 0. The average molecular weight is 346 g/mol. The molecule has 124 valence electrons. The molecule has 0 atom stereocenters. The molecule has 23 heavy (non-hydrogen) atoms. The van der Waals surface area contributed by atoms with Gasteiger partial charge in [-0.3, -0.25) is 4.55 Å². The molecule has 0 spiro atoms. The van der Waals surface area contributed by atoms with Crippen LogP contribution in [0.15, 0.2) is 42.5 Å². The molecule has 9 heteroatoms. The Kier molecular flexibility index (Phi) is 4.81. The largest absolute Gasteiger partial charge is 0.490 e. The fourth-order valence-electron chi connectivity index (χ4n) is 1.74. The first-order chi connectivity index (χ1) is 10.7. The lowest BCUT2D eigenvalue weighted by Crippen LogP contribution is -2.39. The number of ether oxygens (including phenoxy) is 2. The van der Waals surface area contributed by atoms with Gasteiger partial charge in [0.25, 0.3) is 0 Å². The van der Waals surface area contributed by atoms with Crippen molar-refractivity contribution in [3.63, 3.8) is 0 Å². The molecule has 0 saturated carbocycles. The van der Waals surface area contributed by atoms with Crippen LogP contribution in [0.25, 0.3) is 10.8 Å². The van der Waals surface area contributed by atoms with Crippen LogP contribution in [0.2, 0.25) is 0 Å². The molecule has 6 nitrogen and oxygen atoms in total. The molecule has 2 rings (SSSR count). The number of fused-ring (bicyclic) bond motifs is 1. The van der Waals surface area contributed by atoms with Crippen LogP contribution in [0, 0.1) is 0 Å². The number of alkyl halides is 2. The first kappa shape index (κ1) is 17.1. The Morgan fingerprint density at radius 1 is 1.09 bits per heavy atom. The van der Waals surface area contributed by atoms with E-state index in [-0.39, 0.29) is 6.61 Å². The molecule has 0 amide bonds. The summed E-state index contributed by atoms with van der Waals surface area (Å²) < 4.78 is 64.0. The van der Waals surface area contributed by atoms with Crippen molar-refractivity contribution in [2.24, 2.45) is 0 Å². The van der Waals surface area contributed by atoms with Gasteiger partial charge in [0.1, 0.15) is 19.0 Å². The average Bonchev–Trinajstić information content (AvgIpc) is 2.50. The quantitative estimate of drug-likeness (QED) is 0.490. The predicted molar refractivity (Wildman–Crippen MR) is 76.9 cm³/mol. The molecule has 0 unspecified atom stereocenters. The highest BCUT2D eigenvalue weighted by molar-refractivity contribution is 7.87. The maximum atomic E-state index is 12.9. The Bertz CT molecular complexity index is 819. The number of hydrogen-bond acceptors (Lipinski definition) is 5. The van der Waals surface area contributed by atoms with Crippen molar-refractivity contribution in [2.75, 3.05) is 13.2 Å². The van der Waals surface area contributed by atoms with Gasteiger partial charge in [0.15, 0.2) is 0 Å². The first-order valence-corrected chi connectivity index (χ1v) is 7.79. The molecular weight excluding hydrogens is 334 g/mol. The molecule has 0 fully saturated rings. The van der Waals surface area contributed by atoms with Gasteiger partial charge in [-0.2, -0.15) is 17.2 Å². The van der Waals surface area contributed by atoms with E-state index in [1.807, 2.05) is 24.3 Å². The van der Waals surface area contributed by atoms with Crippen LogP contribution in [0.3, 0.4) is 0 Å². The Morgan fingerprint density at radius 2 is 1.74 bits per heavy atom. The van der Waals surface area contributed by atoms with E-state index >= 15 is 0 Å². The summed E-state index contributed by atoms with van der Waals surface area (Å²) in [4.78, 5) is 10.9. The standard InChI is InChI=1S/C14H12F2O6S/c15-14(16,23(18,19)20)13(17)22-8-7-21-12-6-5-10-3-1-2-4-11(10)9-12/h1-6,9H,7-8H2,(H,18,19,20). The van der Waals surface area contributed by atoms with E-state index in [9.17, 15) is 22.0 Å². The lowest BCUT2D eigenvalue weighted by molar-refractivity contribution is -0.162. The second-order valence-electron chi connectivity index (χ2n) is 4.49. The van der Waals surface area contributed by atoms with Gasteiger partial charge in [-0.15, -0.1) is 0 Å². The van der Waals surface area contributed by atoms with Crippen molar-refractivity contribution in [3.05, 3.63) is 42.5 Å². The van der Waals surface area contributed by atoms with Crippen LogP contribution in [0.5, 0.6) is 5.75 Å². The molecule has 0 saturated heterocycles. The Labute approximate surface area is 130 Å². The predicted octanol–water partition coefficient (Wildman–Crippen LogP) is 2.24. The summed E-state index contributed by atoms with van der Waals surface area (Å²) in [6.45, 7) is -0.859. The second-order valence-corrected chi connectivity index (χ2v) is 5.95. The van der Waals surface area contributed by atoms with Crippen LogP contribution in [0.4, 0.5) is 8.78 Å². The SMILES string of the molecule is O=C(OCCOc1ccc2ccccc2c1)C(F)(F)S(=O)(=O)O. The number of rotatable bonds is 6. The van der Waals surface area contributed by atoms with Crippen LogP contribution in [-0.2, 0) is 19.6 Å². The van der Waals surface area contributed by atoms with Crippen molar-refractivity contribution in [1.29, 1.82) is 0 Å². The number of halogens is 2. The van der Waals surface area contributed by atoms with Crippen LogP contribution < -0.4 is 4.74 Å². The molecule has 2 aromatic rings. The van der Waals surface area contributed by atoms with Crippen molar-refractivity contribution >= 4 is 26.9 Å². The molecule has 1 N–H and O–H groups in total. The first-order valence-electron chi connectivity index (χ1n) is 6.35. The number of benzene rings is 2. The molecule has 0 radical (unpaired) electrons. The van der Waals surface area contributed by atoms with E-state index in [1.54, 1.807) is 18.2 Å². The van der Waals surface area contributed by atoms with E-state index in [4.69, 9.17) is 9.29 Å². The Balaban J connectivity index is 1.88. The fourth-order valence-corrected chi connectivity index (χ4v) is 2.01. The highest BCUT2D eigenvalue weighted by Gasteiger charge is 2.54. The van der Waals surface area contributed by atoms with Crippen LogP contribution in [-0.4, -0.2) is 37.4 Å². The van der Waals surface area contributed by atoms with E-state index in [0.717, 1.165) is 10.8 Å². The highest BCUT2D eigenvalue weighted by Crippen LogP contribution is 2.22. The molecule has 0 aliphatic carbocycles. The Hall–Kier alpha value is -2.26. The van der Waals surface area contributed by atoms with E-state index in [1.165, 1.54) is 0 Å². The maximum Gasteiger partial charge on any atom is 0.465 e. The van der Waals surface area contributed by atoms with Gasteiger partial charge in [-0.1, -0.05) is 30.3 Å². The third kappa shape index (κ3) is 3.93. The maximum absolute atomic E-state index is 12.9. The van der Waals surface area contributed by atoms with Crippen molar-refractivity contribution in [2.45, 2.75) is 5.25 Å². The van der Waals surface area contributed by atoms with Gasteiger partial charge in [-0.25, -0.2) is 4.79 Å². The lowest BCUT2D eigenvalue weighted by Gasteiger charge is -2.12. The smallest absolute Gasteiger partial charge is 0.465 e. The van der Waals surface area contributed by atoms with Crippen molar-refractivity contribution in [3.8, 4) is 5.75 Å². The molecule has 2 aromatic carbocycles. The monoisotopic (exact) mass is 346 g/mol. The normalized spacial score (nSPS) is 12.1. The van der Waals surface area contributed by atoms with Crippen molar-refractivity contribution in [1.82, 2.24) is 0 Å². The number of esters is 1. The molecule has 0 aliphatic rings. The second kappa shape index (κ2) is 6.47. The summed E-state index contributed by atoms with van der Waals surface area (Å²) in [5, 5.41) is -3.12. The highest BCUT2D eigenvalue weighted by atomic mass is 32.2. The summed E-state index contributed by atoms with van der Waals surface area (Å²) in [7, 11) is -5.86. The summed E-state index contributed by atoms with van der Waals surface area (Å²) in [6.07, 6.45) is 0. The number of carbonyl (C=O) groups is 1. The summed E-state index contributed by atoms with van der Waals surface area (Å²) in [5.74, 6) is -1.93. The van der Waals surface area contributed by atoms with Gasteiger partial charge in [0.2, 0.25) is 0 Å². The van der Waals surface area contributed by atoms with Crippen molar-refractivity contribution < 1.29 is 36.0 Å². The van der Waals surface area contributed by atoms with E-state index in [0.29, 0.717) is 5.75 Å². The molecule has 0 bridgehead atoms. The number of carbonyl (C=O) groups excluding carboxylic acids is 1. The van der Waals surface area contributed by atoms with Crippen LogP contribution >= 0.6 is 0 Å². The van der Waals surface area contributed by atoms with Gasteiger partial charge in [0, 0.05) is 0 Å². The molecular formula is C14H12F2O6S. The van der Waals surface area contributed by atoms with E-state index < -0.39 is 27.9 Å². The van der Waals surface area contributed by atoms with Gasteiger partial charge < -0.3 is 9.47 Å². The zero-order chi connectivity index (χ0) is 17.1. The summed E-state index contributed by atoms with van der Waals surface area (Å²) in [6, 6.07) is 12.6. The third-order valence-electron chi connectivity index (χ3n) is 2.87. The lowest BCUT2D eigenvalue weighted by atomic mass is 10.1. The Morgan fingerprint density at radius 3 is 2.39 bits per heavy atom. The minimum Gasteiger partial charge on any atom is -0.490 e. The number of hydrogen-bond donors (Lipinski definition) is 1. The molecule has 0 aromatic heterocycles. The zero-order valence-electron chi connectivity index (χ0n) is 11.6. The van der Waals surface area contributed by atoms with Gasteiger partial charge in [0.05, 0.1) is 0 Å². The minimum absolute atomic E-state index is 0.258. The topological polar surface area (TPSA) is 89.9 Å². The van der Waals surface area contributed by atoms with Crippen LogP contribution in [0.1, 0.15) is 0 Å². The zero-order valence-corrected chi connectivity index (χ0v) is 12.4. The summed E-state index contributed by atoms with van der Waals surface area (Å²) in [5.41, 5.74) is 0. The molecule has 0 aliphatic heterocycles. The third-order valence-corrected chi connectivity index (χ3v) is 3.68. The van der Waals surface area contributed by atoms with Gasteiger partial charge in [-0.05, 0) is 22.9 Å². The van der Waals surface area contributed by atoms with Gasteiger partial charge >= 0.3 is 21.3 Å².